The van der Waals surface area contributed by atoms with E-state index in [9.17, 15) is 9.59 Å². The minimum absolute atomic E-state index is 0.0635. The Morgan fingerprint density at radius 1 is 1.11 bits per heavy atom. The number of amides is 1. The Morgan fingerprint density at radius 2 is 1.81 bits per heavy atom. The van der Waals surface area contributed by atoms with Gasteiger partial charge < -0.3 is 11.2 Å². The van der Waals surface area contributed by atoms with Gasteiger partial charge in [-0.05, 0) is 30.5 Å². The molecule has 3 N–H and O–H groups in total. The summed E-state index contributed by atoms with van der Waals surface area (Å²) in [4.78, 5) is 24.1. The van der Waals surface area contributed by atoms with Gasteiger partial charge in [-0.2, -0.15) is 4.68 Å². The van der Waals surface area contributed by atoms with Crippen molar-refractivity contribution in [1.29, 1.82) is 0 Å². The lowest BCUT2D eigenvalue weighted by Crippen LogP contribution is -2.32. The van der Waals surface area contributed by atoms with Crippen molar-refractivity contribution in [2.45, 2.75) is 18.5 Å². The Bertz CT molecular complexity index is 1000. The van der Waals surface area contributed by atoms with Gasteiger partial charge in [-0.1, -0.05) is 60.3 Å². The quantitative estimate of drug-likeness (QED) is 0.500. The molecule has 0 spiro atoms. The fraction of sp³-hybridized carbons (Fsp3) is 0.158. The molecule has 0 saturated carbocycles. The van der Waals surface area contributed by atoms with Crippen LogP contribution in [0.3, 0.4) is 0 Å². The molecule has 2 aromatic carbocycles. The van der Waals surface area contributed by atoms with E-state index in [1.54, 1.807) is 0 Å². The number of nitrogens with zero attached hydrogens (tertiary/aromatic N) is 3. The molecule has 3 rings (SSSR count). The predicted molar refractivity (Wildman–Crippen MR) is 106 cm³/mol. The second-order valence-electron chi connectivity index (χ2n) is 5.90. The summed E-state index contributed by atoms with van der Waals surface area (Å²) in [7, 11) is 0. The maximum Gasteiger partial charge on any atom is 0.294 e. The van der Waals surface area contributed by atoms with Crippen molar-refractivity contribution in [2.75, 3.05) is 16.9 Å². The van der Waals surface area contributed by atoms with Crippen LogP contribution >= 0.6 is 11.8 Å². The molecule has 0 aliphatic heterocycles. The number of aryl methyl sites for hydroxylation is 1. The molecule has 1 aromatic heterocycles. The number of nitrogens with one attached hydrogen (secondary N) is 1. The number of nitrogen functional groups attached to an aromatic ring is 1. The van der Waals surface area contributed by atoms with Crippen LogP contribution < -0.4 is 16.7 Å². The molecule has 0 atom stereocenters. The molecule has 0 fully saturated rings. The molecular weight excluding hydrogens is 362 g/mol. The van der Waals surface area contributed by atoms with E-state index in [-0.39, 0.29) is 22.5 Å². The standard InChI is InChI=1S/C19H19N5O2S/c1-13-18(26)24(20)19(23-22-13)27-12-17(25)21-16-10-6-5-9-15(16)11-14-7-3-2-4-8-14/h2-10H,11-12,20H2,1H3,(H,21,25). The maximum absolute atomic E-state index is 12.3. The minimum Gasteiger partial charge on any atom is -0.334 e. The summed E-state index contributed by atoms with van der Waals surface area (Å²) >= 11 is 1.06. The first-order chi connectivity index (χ1) is 13.0. The molecule has 8 heteroatoms. The van der Waals surface area contributed by atoms with E-state index >= 15 is 0 Å². The molecule has 0 radical (unpaired) electrons. The van der Waals surface area contributed by atoms with Gasteiger partial charge >= 0.3 is 0 Å². The van der Waals surface area contributed by atoms with Crippen LogP contribution in [0.2, 0.25) is 0 Å². The lowest BCUT2D eigenvalue weighted by atomic mass is 10.0. The average Bonchev–Trinajstić information content (AvgIpc) is 2.68. The molecule has 0 unspecified atom stereocenters. The first-order valence-electron chi connectivity index (χ1n) is 8.30. The molecule has 0 aliphatic carbocycles. The summed E-state index contributed by atoms with van der Waals surface area (Å²) in [5, 5.41) is 10.7. The van der Waals surface area contributed by atoms with Gasteiger partial charge in [-0.25, -0.2) is 0 Å². The molecule has 1 amide bonds. The summed E-state index contributed by atoms with van der Waals surface area (Å²) < 4.78 is 0.906. The van der Waals surface area contributed by atoms with Crippen molar-refractivity contribution in [1.82, 2.24) is 14.9 Å². The number of rotatable bonds is 6. The zero-order valence-corrected chi connectivity index (χ0v) is 15.6. The molecule has 3 aromatic rings. The largest absolute Gasteiger partial charge is 0.334 e. The number of para-hydroxylation sites is 1. The third kappa shape index (κ3) is 4.73. The Hall–Kier alpha value is -3.13. The highest BCUT2D eigenvalue weighted by molar-refractivity contribution is 7.99. The minimum atomic E-state index is -0.430. The number of thioether (sulfide) groups is 1. The topological polar surface area (TPSA) is 103 Å². The summed E-state index contributed by atoms with van der Waals surface area (Å²) in [6, 6.07) is 17.7. The van der Waals surface area contributed by atoms with E-state index in [0.29, 0.717) is 0 Å². The molecular formula is C19H19N5O2S. The van der Waals surface area contributed by atoms with E-state index in [2.05, 4.69) is 15.5 Å². The van der Waals surface area contributed by atoms with Gasteiger partial charge in [0.1, 0.15) is 5.69 Å². The Kier molecular flexibility index (Phi) is 5.87. The number of hydrogen-bond donors (Lipinski definition) is 2. The Labute approximate surface area is 160 Å². The maximum atomic E-state index is 12.3. The van der Waals surface area contributed by atoms with Gasteiger partial charge in [0, 0.05) is 5.69 Å². The van der Waals surface area contributed by atoms with Crippen LogP contribution in [-0.4, -0.2) is 26.5 Å². The highest BCUT2D eigenvalue weighted by Crippen LogP contribution is 2.20. The fourth-order valence-corrected chi connectivity index (χ4v) is 3.15. The Balaban J connectivity index is 1.66. The van der Waals surface area contributed by atoms with E-state index in [1.807, 2.05) is 54.6 Å². The number of aromatic nitrogens is 3. The molecule has 1 heterocycles. The number of carbonyl (C=O) groups excluding carboxylic acids is 1. The monoisotopic (exact) mass is 381 g/mol. The van der Waals surface area contributed by atoms with Crippen molar-refractivity contribution >= 4 is 23.4 Å². The third-order valence-corrected chi connectivity index (χ3v) is 4.82. The summed E-state index contributed by atoms with van der Waals surface area (Å²) in [5.41, 5.74) is 2.72. The first kappa shape index (κ1) is 18.7. The second-order valence-corrected chi connectivity index (χ2v) is 6.84. The highest BCUT2D eigenvalue weighted by atomic mass is 32.2. The van der Waals surface area contributed by atoms with Crippen LogP contribution in [0.1, 0.15) is 16.8 Å². The summed E-state index contributed by atoms with van der Waals surface area (Å²) in [6.07, 6.45) is 0.718. The molecule has 0 aliphatic rings. The Morgan fingerprint density at radius 3 is 2.59 bits per heavy atom. The van der Waals surface area contributed by atoms with Gasteiger partial charge in [0.15, 0.2) is 0 Å². The third-order valence-electron chi connectivity index (χ3n) is 3.88. The summed E-state index contributed by atoms with van der Waals surface area (Å²) in [6.45, 7) is 1.53. The van der Waals surface area contributed by atoms with E-state index in [4.69, 9.17) is 5.84 Å². The van der Waals surface area contributed by atoms with Gasteiger partial charge in [0.25, 0.3) is 5.56 Å². The van der Waals surface area contributed by atoms with Crippen LogP contribution in [0.15, 0.2) is 64.5 Å². The van der Waals surface area contributed by atoms with Gasteiger partial charge in [0.05, 0.1) is 5.75 Å². The van der Waals surface area contributed by atoms with Crippen molar-refractivity contribution in [2.24, 2.45) is 0 Å². The highest BCUT2D eigenvalue weighted by Gasteiger charge is 2.12. The SMILES string of the molecule is Cc1nnc(SCC(=O)Nc2ccccc2Cc2ccccc2)n(N)c1=O. The average molecular weight is 381 g/mol. The van der Waals surface area contributed by atoms with Crippen molar-refractivity contribution < 1.29 is 4.79 Å². The van der Waals surface area contributed by atoms with Crippen molar-refractivity contribution in [3.8, 4) is 0 Å². The second kappa shape index (κ2) is 8.50. The number of carbonyl (C=O) groups is 1. The van der Waals surface area contributed by atoms with Gasteiger partial charge in [-0.15, -0.1) is 10.2 Å². The lowest BCUT2D eigenvalue weighted by molar-refractivity contribution is -0.113. The molecule has 0 saturated heterocycles. The first-order valence-corrected chi connectivity index (χ1v) is 9.29. The number of benzene rings is 2. The zero-order chi connectivity index (χ0) is 19.2. The molecule has 7 nitrogen and oxygen atoms in total. The van der Waals surface area contributed by atoms with Gasteiger partial charge in [-0.3, -0.25) is 9.59 Å². The van der Waals surface area contributed by atoms with Crippen LogP contribution in [0, 0.1) is 6.92 Å². The molecule has 138 valence electrons. The van der Waals surface area contributed by atoms with Gasteiger partial charge in [0.2, 0.25) is 11.1 Å². The fourth-order valence-electron chi connectivity index (χ4n) is 2.50. The van der Waals surface area contributed by atoms with Crippen LogP contribution in [-0.2, 0) is 11.2 Å². The smallest absolute Gasteiger partial charge is 0.294 e. The summed E-state index contributed by atoms with van der Waals surface area (Å²) in [5.74, 6) is 5.53. The zero-order valence-electron chi connectivity index (χ0n) is 14.8. The van der Waals surface area contributed by atoms with Crippen molar-refractivity contribution in [3.63, 3.8) is 0 Å². The lowest BCUT2D eigenvalue weighted by Gasteiger charge is -2.11. The molecule has 27 heavy (non-hydrogen) atoms. The number of anilines is 1. The van der Waals surface area contributed by atoms with E-state index in [1.165, 1.54) is 6.92 Å². The van der Waals surface area contributed by atoms with Crippen LogP contribution in [0.5, 0.6) is 0 Å². The number of nitrogens with two attached hydrogens (primary N) is 1. The molecule has 0 bridgehead atoms. The van der Waals surface area contributed by atoms with Crippen LogP contribution in [0.25, 0.3) is 0 Å². The predicted octanol–water partition coefficient (Wildman–Crippen LogP) is 1.98. The van der Waals surface area contributed by atoms with Crippen LogP contribution in [0.4, 0.5) is 5.69 Å². The number of hydrogen-bond acceptors (Lipinski definition) is 6. The van der Waals surface area contributed by atoms with Crippen molar-refractivity contribution in [3.05, 3.63) is 81.8 Å². The van der Waals surface area contributed by atoms with E-state index < -0.39 is 5.56 Å². The van der Waals surface area contributed by atoms with E-state index in [0.717, 1.165) is 39.7 Å². The normalized spacial score (nSPS) is 10.6.